The van der Waals surface area contributed by atoms with Crippen LogP contribution in [0.2, 0.25) is 0 Å². The molecule has 0 aliphatic heterocycles. The standard InChI is InChI=1S/C66H132O2/c1-5-9-13-17-21-25-28-31-34-37-40-43-46-50-54-58-62-66(61-57-53-49-24-20-16-12-8-4,63-59-55-51-47-44-41-38-35-32-29-26-22-18-14-10-6-2)65(67)68-64-60-56-52-48-45-42-39-36-33-30-27-23-19-15-11-7-3/h5-64H2,1-4H3. The van der Waals surface area contributed by atoms with E-state index in [1.165, 1.54) is 353 Å². The fourth-order valence-electron chi connectivity index (χ4n) is 11.3. The van der Waals surface area contributed by atoms with Crippen LogP contribution in [0, 0.1) is 5.41 Å². The van der Waals surface area contributed by atoms with Gasteiger partial charge in [-0.15, -0.1) is 0 Å². The Balaban J connectivity index is 4.92. The summed E-state index contributed by atoms with van der Waals surface area (Å²) < 4.78 is 6.37. The molecule has 0 aliphatic carbocycles. The molecule has 0 aromatic carbocycles. The number of hydrogen-bond donors (Lipinski definition) is 0. The summed E-state index contributed by atoms with van der Waals surface area (Å²) >= 11 is 0. The van der Waals surface area contributed by atoms with Crippen molar-refractivity contribution >= 4 is 5.97 Å². The number of esters is 1. The summed E-state index contributed by atoms with van der Waals surface area (Å²) in [5.41, 5.74) is -0.247. The topological polar surface area (TPSA) is 26.3 Å². The zero-order valence-electron chi connectivity index (χ0n) is 48.2. The molecule has 0 atom stereocenters. The van der Waals surface area contributed by atoms with Crippen LogP contribution in [0.5, 0.6) is 0 Å². The van der Waals surface area contributed by atoms with Crippen LogP contribution in [0.1, 0.15) is 407 Å². The Morgan fingerprint density at radius 2 is 0.368 bits per heavy atom. The lowest BCUT2D eigenvalue weighted by Gasteiger charge is -2.32. The monoisotopic (exact) mass is 957 g/mol. The SMILES string of the molecule is CCCCCCCCCCCCCCCCCCOC(=O)C(CCCCCCCCCC)(CCCCCCCCCCCCCCCCCC)CCCCCCCCCCCCCCCCCC. The van der Waals surface area contributed by atoms with Gasteiger partial charge in [0.25, 0.3) is 0 Å². The second-order valence-corrected chi connectivity index (χ2v) is 23.1. The zero-order valence-corrected chi connectivity index (χ0v) is 48.2. The van der Waals surface area contributed by atoms with Gasteiger partial charge in [-0.25, -0.2) is 0 Å². The molecular formula is C66H132O2. The Bertz CT molecular complexity index is 875. The number of ether oxygens (including phenoxy) is 1. The molecule has 0 unspecified atom stereocenters. The summed E-state index contributed by atoms with van der Waals surface area (Å²) in [6, 6.07) is 0. The maximum Gasteiger partial charge on any atom is 0.312 e. The maximum absolute atomic E-state index is 14.4. The highest BCUT2D eigenvalue weighted by atomic mass is 16.5. The normalized spacial score (nSPS) is 11.9. The van der Waals surface area contributed by atoms with E-state index >= 15 is 0 Å². The third-order valence-corrected chi connectivity index (χ3v) is 16.2. The summed E-state index contributed by atoms with van der Waals surface area (Å²) in [6.07, 6.45) is 80.8. The Labute approximate surface area is 432 Å². The Hall–Kier alpha value is -0.530. The zero-order chi connectivity index (χ0) is 49.2. The first-order chi connectivity index (χ1) is 33.7. The quantitative estimate of drug-likeness (QED) is 0.0449. The summed E-state index contributed by atoms with van der Waals surface area (Å²) in [4.78, 5) is 14.4. The van der Waals surface area contributed by atoms with Crippen molar-refractivity contribution in [3.8, 4) is 0 Å². The highest BCUT2D eigenvalue weighted by Gasteiger charge is 2.38. The predicted molar refractivity (Wildman–Crippen MR) is 308 cm³/mol. The molecule has 2 nitrogen and oxygen atoms in total. The van der Waals surface area contributed by atoms with Crippen molar-refractivity contribution < 1.29 is 9.53 Å². The van der Waals surface area contributed by atoms with Crippen LogP contribution in [-0.2, 0) is 9.53 Å². The third kappa shape index (κ3) is 50.4. The van der Waals surface area contributed by atoms with Gasteiger partial charge in [-0.05, 0) is 25.7 Å². The highest BCUT2D eigenvalue weighted by Crippen LogP contribution is 2.39. The van der Waals surface area contributed by atoms with E-state index in [-0.39, 0.29) is 11.4 Å². The van der Waals surface area contributed by atoms with Crippen molar-refractivity contribution in [1.82, 2.24) is 0 Å². The van der Waals surface area contributed by atoms with E-state index in [0.717, 1.165) is 25.7 Å². The molecule has 0 aliphatic rings. The van der Waals surface area contributed by atoms with Crippen LogP contribution in [0.4, 0.5) is 0 Å². The third-order valence-electron chi connectivity index (χ3n) is 16.2. The van der Waals surface area contributed by atoms with E-state index in [9.17, 15) is 4.79 Å². The average molecular weight is 958 g/mol. The molecule has 0 fully saturated rings. The molecular weight excluding hydrogens is 825 g/mol. The molecule has 0 heterocycles. The fourth-order valence-corrected chi connectivity index (χ4v) is 11.3. The first-order valence-corrected chi connectivity index (χ1v) is 32.8. The molecule has 0 saturated heterocycles. The molecule has 0 aromatic heterocycles. The van der Waals surface area contributed by atoms with Crippen molar-refractivity contribution in [3.63, 3.8) is 0 Å². The molecule has 408 valence electrons. The molecule has 0 rings (SSSR count). The summed E-state index contributed by atoms with van der Waals surface area (Å²) in [5, 5.41) is 0. The molecule has 0 amide bonds. The van der Waals surface area contributed by atoms with Crippen LogP contribution in [0.25, 0.3) is 0 Å². The summed E-state index contributed by atoms with van der Waals surface area (Å²) in [5.74, 6) is 0.198. The molecule has 0 aromatic rings. The lowest BCUT2D eigenvalue weighted by molar-refractivity contribution is -0.158. The second kappa shape index (κ2) is 59.0. The lowest BCUT2D eigenvalue weighted by Crippen LogP contribution is -2.34. The van der Waals surface area contributed by atoms with Crippen LogP contribution >= 0.6 is 0 Å². The highest BCUT2D eigenvalue weighted by molar-refractivity contribution is 5.76. The van der Waals surface area contributed by atoms with Crippen LogP contribution in [-0.4, -0.2) is 12.6 Å². The van der Waals surface area contributed by atoms with Gasteiger partial charge in [0.2, 0.25) is 0 Å². The molecule has 68 heavy (non-hydrogen) atoms. The van der Waals surface area contributed by atoms with Crippen molar-refractivity contribution in [2.24, 2.45) is 5.41 Å². The van der Waals surface area contributed by atoms with Crippen molar-refractivity contribution in [2.45, 2.75) is 407 Å². The van der Waals surface area contributed by atoms with Crippen LogP contribution in [0.3, 0.4) is 0 Å². The number of carbonyl (C=O) groups excluding carboxylic acids is 1. The molecule has 0 bridgehead atoms. The largest absolute Gasteiger partial charge is 0.465 e. The minimum Gasteiger partial charge on any atom is -0.465 e. The van der Waals surface area contributed by atoms with Crippen molar-refractivity contribution in [2.75, 3.05) is 6.61 Å². The van der Waals surface area contributed by atoms with Gasteiger partial charge in [-0.1, -0.05) is 381 Å². The van der Waals surface area contributed by atoms with Crippen molar-refractivity contribution in [1.29, 1.82) is 0 Å². The van der Waals surface area contributed by atoms with Gasteiger partial charge in [0.05, 0.1) is 12.0 Å². The number of carbonyl (C=O) groups is 1. The Morgan fingerprint density at radius 3 is 0.544 bits per heavy atom. The Morgan fingerprint density at radius 1 is 0.221 bits per heavy atom. The van der Waals surface area contributed by atoms with Crippen LogP contribution in [0.15, 0.2) is 0 Å². The van der Waals surface area contributed by atoms with Gasteiger partial charge >= 0.3 is 5.97 Å². The van der Waals surface area contributed by atoms with E-state index in [1.54, 1.807) is 0 Å². The van der Waals surface area contributed by atoms with Gasteiger partial charge in [-0.2, -0.15) is 0 Å². The average Bonchev–Trinajstić information content (AvgIpc) is 3.35. The minimum absolute atomic E-state index is 0.198. The fraction of sp³-hybridized carbons (Fsp3) is 0.985. The van der Waals surface area contributed by atoms with E-state index < -0.39 is 0 Å². The molecule has 0 radical (unpaired) electrons. The van der Waals surface area contributed by atoms with E-state index in [4.69, 9.17) is 4.74 Å². The van der Waals surface area contributed by atoms with Gasteiger partial charge in [0.15, 0.2) is 0 Å². The number of rotatable bonds is 61. The number of hydrogen-bond acceptors (Lipinski definition) is 2. The lowest BCUT2D eigenvalue weighted by atomic mass is 9.74. The van der Waals surface area contributed by atoms with E-state index in [0.29, 0.717) is 6.61 Å². The number of unbranched alkanes of at least 4 members (excludes halogenated alkanes) is 52. The smallest absolute Gasteiger partial charge is 0.312 e. The van der Waals surface area contributed by atoms with Gasteiger partial charge < -0.3 is 4.74 Å². The first-order valence-electron chi connectivity index (χ1n) is 32.8. The Kier molecular flexibility index (Phi) is 58.6. The van der Waals surface area contributed by atoms with Crippen LogP contribution < -0.4 is 0 Å². The maximum atomic E-state index is 14.4. The predicted octanol–water partition coefficient (Wildman–Crippen LogP) is 24.6. The summed E-state index contributed by atoms with van der Waals surface area (Å²) in [6.45, 7) is 9.90. The summed E-state index contributed by atoms with van der Waals surface area (Å²) in [7, 11) is 0. The van der Waals surface area contributed by atoms with E-state index in [2.05, 4.69) is 27.7 Å². The van der Waals surface area contributed by atoms with Gasteiger partial charge in [0.1, 0.15) is 0 Å². The molecule has 2 heteroatoms. The second-order valence-electron chi connectivity index (χ2n) is 23.1. The minimum atomic E-state index is -0.247. The molecule has 0 N–H and O–H groups in total. The van der Waals surface area contributed by atoms with Gasteiger partial charge in [-0.3, -0.25) is 4.79 Å². The van der Waals surface area contributed by atoms with E-state index in [1.807, 2.05) is 0 Å². The van der Waals surface area contributed by atoms with Gasteiger partial charge in [0, 0.05) is 0 Å². The molecule has 0 spiro atoms. The molecule has 0 saturated carbocycles. The first kappa shape index (κ1) is 67.5. The van der Waals surface area contributed by atoms with Crippen molar-refractivity contribution in [3.05, 3.63) is 0 Å².